The van der Waals surface area contributed by atoms with Crippen molar-refractivity contribution in [3.05, 3.63) is 11.6 Å². The molecule has 0 aliphatic carbocycles. The quantitative estimate of drug-likeness (QED) is 0.455. The van der Waals surface area contributed by atoms with Crippen molar-refractivity contribution in [3.8, 4) is 0 Å². The Hall–Kier alpha value is -1.36. The number of hydrogen-bond donors (Lipinski definition) is 1. The van der Waals surface area contributed by atoms with Crippen LogP contribution in [0.25, 0.3) is 0 Å². The van der Waals surface area contributed by atoms with Crippen LogP contribution in [0.1, 0.15) is 19.8 Å². The molecule has 0 unspecified atom stereocenters. The number of hydrogen-bond acceptors (Lipinski definition) is 3. The van der Waals surface area contributed by atoms with E-state index in [1.165, 1.54) is 0 Å². The molecule has 2 aliphatic rings. The molecule has 18 heavy (non-hydrogen) atoms. The van der Waals surface area contributed by atoms with Crippen LogP contribution < -0.4 is 0 Å². The molecule has 0 aromatic carbocycles. The molecule has 0 bridgehead atoms. The minimum absolute atomic E-state index is 0.291. The minimum atomic E-state index is -0.911. The lowest BCUT2D eigenvalue weighted by Crippen LogP contribution is -2.60. The van der Waals surface area contributed by atoms with E-state index in [2.05, 4.69) is 9.89 Å². The standard InChI is InChI=1S/C13H20N2O3/c1-3-10(12(16)17)11(14-2)15-8-13(9-15)4-6-18-7-5-13/h3H,4-9H2,1-2H3,(H,16,17)/b10-3+,14-11?. The van der Waals surface area contributed by atoms with Gasteiger partial charge in [0.1, 0.15) is 5.84 Å². The highest BCUT2D eigenvalue weighted by molar-refractivity contribution is 6.18. The van der Waals surface area contributed by atoms with E-state index in [9.17, 15) is 4.79 Å². The maximum atomic E-state index is 11.1. The Morgan fingerprint density at radius 1 is 1.39 bits per heavy atom. The van der Waals surface area contributed by atoms with E-state index in [0.29, 0.717) is 16.8 Å². The first-order chi connectivity index (χ1) is 8.62. The van der Waals surface area contributed by atoms with Gasteiger partial charge in [-0.1, -0.05) is 6.08 Å². The summed E-state index contributed by atoms with van der Waals surface area (Å²) in [7, 11) is 1.65. The van der Waals surface area contributed by atoms with E-state index in [-0.39, 0.29) is 0 Å². The normalized spacial score (nSPS) is 24.0. The number of aliphatic imine (C=N–C) groups is 1. The highest BCUT2D eigenvalue weighted by atomic mass is 16.5. The number of likely N-dealkylation sites (tertiary alicyclic amines) is 1. The Balaban J connectivity index is 2.03. The van der Waals surface area contributed by atoms with Gasteiger partial charge in [0.2, 0.25) is 0 Å². The molecule has 1 spiro atoms. The van der Waals surface area contributed by atoms with Crippen molar-refractivity contribution >= 4 is 11.8 Å². The number of nitrogens with zero attached hydrogens (tertiary/aromatic N) is 2. The summed E-state index contributed by atoms with van der Waals surface area (Å²) in [6, 6.07) is 0. The number of carbonyl (C=O) groups is 1. The molecule has 0 radical (unpaired) electrons. The molecular weight excluding hydrogens is 232 g/mol. The lowest BCUT2D eigenvalue weighted by Gasteiger charge is -2.53. The predicted octanol–water partition coefficient (Wildman–Crippen LogP) is 1.16. The molecule has 2 heterocycles. The Kier molecular flexibility index (Phi) is 3.71. The summed E-state index contributed by atoms with van der Waals surface area (Å²) in [5.74, 6) is -0.312. The third kappa shape index (κ3) is 2.27. The fourth-order valence-electron chi connectivity index (χ4n) is 2.81. The molecule has 0 amide bonds. The summed E-state index contributed by atoms with van der Waals surface area (Å²) in [5, 5.41) is 9.15. The van der Waals surface area contributed by atoms with Gasteiger partial charge in [-0.3, -0.25) is 4.99 Å². The Morgan fingerprint density at radius 2 is 2.00 bits per heavy atom. The number of amidine groups is 1. The number of rotatable bonds is 2. The monoisotopic (exact) mass is 252 g/mol. The average molecular weight is 252 g/mol. The largest absolute Gasteiger partial charge is 0.478 e. The summed E-state index contributed by atoms with van der Waals surface area (Å²) >= 11 is 0. The van der Waals surface area contributed by atoms with Gasteiger partial charge in [-0.15, -0.1) is 0 Å². The lowest BCUT2D eigenvalue weighted by molar-refractivity contribution is -0.132. The molecule has 2 fully saturated rings. The average Bonchev–Trinajstić information content (AvgIpc) is 2.33. The zero-order chi connectivity index (χ0) is 13.2. The molecule has 2 rings (SSSR count). The molecule has 2 saturated heterocycles. The van der Waals surface area contributed by atoms with Gasteiger partial charge in [-0.05, 0) is 19.8 Å². The van der Waals surface area contributed by atoms with Crippen LogP contribution in [0.2, 0.25) is 0 Å². The molecule has 2 aliphatic heterocycles. The molecule has 1 N–H and O–H groups in total. The molecular formula is C13H20N2O3. The van der Waals surface area contributed by atoms with Crippen LogP contribution in [0.5, 0.6) is 0 Å². The molecule has 0 saturated carbocycles. The fourth-order valence-corrected chi connectivity index (χ4v) is 2.81. The van der Waals surface area contributed by atoms with Gasteiger partial charge in [-0.2, -0.15) is 0 Å². The Labute approximate surface area is 107 Å². The van der Waals surface area contributed by atoms with Crippen LogP contribution >= 0.6 is 0 Å². The van der Waals surface area contributed by atoms with Crippen molar-refractivity contribution < 1.29 is 14.6 Å². The van der Waals surface area contributed by atoms with Crippen LogP contribution in [0, 0.1) is 5.41 Å². The van der Waals surface area contributed by atoms with Crippen molar-refractivity contribution in [1.82, 2.24) is 4.90 Å². The topological polar surface area (TPSA) is 62.1 Å². The van der Waals surface area contributed by atoms with E-state index in [0.717, 1.165) is 39.1 Å². The van der Waals surface area contributed by atoms with Gasteiger partial charge in [0.25, 0.3) is 0 Å². The molecule has 5 nitrogen and oxygen atoms in total. The smallest absolute Gasteiger partial charge is 0.339 e. The van der Waals surface area contributed by atoms with Gasteiger partial charge in [-0.25, -0.2) is 4.79 Å². The molecule has 0 aromatic rings. The van der Waals surface area contributed by atoms with Crippen molar-refractivity contribution in [2.75, 3.05) is 33.4 Å². The first-order valence-electron chi connectivity index (χ1n) is 6.31. The van der Waals surface area contributed by atoms with Gasteiger partial charge in [0, 0.05) is 38.8 Å². The second-order valence-corrected chi connectivity index (χ2v) is 5.02. The minimum Gasteiger partial charge on any atom is -0.478 e. The molecule has 0 aromatic heterocycles. The van der Waals surface area contributed by atoms with Gasteiger partial charge in [0.15, 0.2) is 0 Å². The highest BCUT2D eigenvalue weighted by Crippen LogP contribution is 2.40. The van der Waals surface area contributed by atoms with E-state index in [4.69, 9.17) is 9.84 Å². The number of ether oxygens (including phenoxy) is 1. The Morgan fingerprint density at radius 3 is 2.44 bits per heavy atom. The molecule has 100 valence electrons. The summed E-state index contributed by atoms with van der Waals surface area (Å²) in [6.45, 7) is 5.17. The van der Waals surface area contributed by atoms with Crippen LogP contribution in [-0.2, 0) is 9.53 Å². The first kappa shape index (κ1) is 13.1. The Bertz CT molecular complexity index is 387. The number of carboxylic acid groups (broad SMARTS) is 1. The maximum Gasteiger partial charge on any atom is 0.339 e. The first-order valence-corrected chi connectivity index (χ1v) is 6.31. The van der Waals surface area contributed by atoms with Crippen molar-refractivity contribution in [3.63, 3.8) is 0 Å². The summed E-state index contributed by atoms with van der Waals surface area (Å²) in [5.41, 5.74) is 0.616. The second-order valence-electron chi connectivity index (χ2n) is 5.02. The second kappa shape index (κ2) is 5.10. The van der Waals surface area contributed by atoms with Crippen LogP contribution in [0.15, 0.2) is 16.6 Å². The highest BCUT2D eigenvalue weighted by Gasteiger charge is 2.45. The lowest BCUT2D eigenvalue weighted by atomic mass is 9.73. The molecule has 5 heteroatoms. The van der Waals surface area contributed by atoms with Crippen molar-refractivity contribution in [2.45, 2.75) is 19.8 Å². The van der Waals surface area contributed by atoms with E-state index >= 15 is 0 Å². The van der Waals surface area contributed by atoms with E-state index < -0.39 is 5.97 Å². The maximum absolute atomic E-state index is 11.1. The third-order valence-corrected chi connectivity index (χ3v) is 3.88. The van der Waals surface area contributed by atoms with Gasteiger partial charge in [0.05, 0.1) is 5.57 Å². The van der Waals surface area contributed by atoms with Crippen LogP contribution in [-0.4, -0.2) is 55.2 Å². The van der Waals surface area contributed by atoms with Crippen molar-refractivity contribution in [2.24, 2.45) is 10.4 Å². The number of aliphatic carboxylic acids is 1. The van der Waals surface area contributed by atoms with Gasteiger partial charge >= 0.3 is 5.97 Å². The third-order valence-electron chi connectivity index (χ3n) is 3.88. The summed E-state index contributed by atoms with van der Waals surface area (Å²) < 4.78 is 5.38. The number of carboxylic acids is 1. The summed E-state index contributed by atoms with van der Waals surface area (Å²) in [6.07, 6.45) is 3.75. The van der Waals surface area contributed by atoms with Gasteiger partial charge < -0.3 is 14.7 Å². The van der Waals surface area contributed by atoms with E-state index in [1.54, 1.807) is 20.0 Å². The molecule has 0 atom stereocenters. The van der Waals surface area contributed by atoms with E-state index in [1.807, 2.05) is 0 Å². The summed E-state index contributed by atoms with van der Waals surface area (Å²) in [4.78, 5) is 17.4. The zero-order valence-electron chi connectivity index (χ0n) is 11.0. The van der Waals surface area contributed by atoms with Crippen LogP contribution in [0.4, 0.5) is 0 Å². The van der Waals surface area contributed by atoms with Crippen LogP contribution in [0.3, 0.4) is 0 Å². The number of allylic oxidation sites excluding steroid dienone is 1. The zero-order valence-corrected chi connectivity index (χ0v) is 11.0. The fraction of sp³-hybridized carbons (Fsp3) is 0.692. The van der Waals surface area contributed by atoms with Crippen molar-refractivity contribution in [1.29, 1.82) is 0 Å². The SMILES string of the molecule is C/C=C(/C(=O)O)C(=NC)N1CC2(CCOCC2)C1. The predicted molar refractivity (Wildman–Crippen MR) is 68.8 cm³/mol.